The molecule has 0 atom stereocenters. The number of carbonyl (C=O) groups is 1. The molecule has 2 aromatic carbocycles. The third-order valence-electron chi connectivity index (χ3n) is 4.40. The van der Waals surface area contributed by atoms with Gasteiger partial charge in [-0.05, 0) is 52.7 Å². The Morgan fingerprint density at radius 3 is 2.54 bits per heavy atom. The summed E-state index contributed by atoms with van der Waals surface area (Å²) in [4.78, 5) is 16.8. The van der Waals surface area contributed by atoms with Gasteiger partial charge in [0.2, 0.25) is 5.91 Å². The average Bonchev–Trinajstić information content (AvgIpc) is 2.60. The van der Waals surface area contributed by atoms with E-state index < -0.39 is 0 Å². The second-order valence-electron chi connectivity index (χ2n) is 6.22. The van der Waals surface area contributed by atoms with Crippen molar-refractivity contribution in [1.29, 1.82) is 0 Å². The van der Waals surface area contributed by atoms with Crippen LogP contribution in [-0.4, -0.2) is 43.5 Å². The van der Waals surface area contributed by atoms with Crippen LogP contribution in [0.15, 0.2) is 46.9 Å². The minimum absolute atomic E-state index is 0. The summed E-state index contributed by atoms with van der Waals surface area (Å²) in [5.41, 5.74) is 3.22. The molecule has 1 N–H and O–H groups in total. The summed E-state index contributed by atoms with van der Waals surface area (Å²) in [7, 11) is 0. The second-order valence-corrected chi connectivity index (χ2v) is 7.51. The van der Waals surface area contributed by atoms with Gasteiger partial charge in [0.25, 0.3) is 0 Å². The average molecular weight is 459 g/mol. The first-order chi connectivity index (χ1) is 12.0. The van der Waals surface area contributed by atoms with Gasteiger partial charge in [0.05, 0.1) is 12.2 Å². The van der Waals surface area contributed by atoms with E-state index in [1.807, 2.05) is 36.4 Å². The van der Waals surface area contributed by atoms with Gasteiger partial charge < -0.3 is 10.2 Å². The number of benzene rings is 2. The van der Waals surface area contributed by atoms with Crippen molar-refractivity contribution >= 4 is 57.2 Å². The topological polar surface area (TPSA) is 35.6 Å². The summed E-state index contributed by atoms with van der Waals surface area (Å²) in [6.45, 7) is 6.00. The first-order valence-corrected chi connectivity index (χ1v) is 9.48. The van der Waals surface area contributed by atoms with Crippen molar-refractivity contribution in [1.82, 2.24) is 4.90 Å². The molecule has 0 unspecified atom stereocenters. The summed E-state index contributed by atoms with van der Waals surface area (Å²) in [5.74, 6) is 0.0132. The van der Waals surface area contributed by atoms with Crippen molar-refractivity contribution in [2.75, 3.05) is 42.9 Å². The Morgan fingerprint density at radius 2 is 1.85 bits per heavy atom. The maximum Gasteiger partial charge on any atom is 0.238 e. The van der Waals surface area contributed by atoms with E-state index in [0.717, 1.165) is 41.4 Å². The van der Waals surface area contributed by atoms with Crippen LogP contribution in [0.25, 0.3) is 0 Å². The molecule has 3 rings (SSSR count). The van der Waals surface area contributed by atoms with E-state index in [0.29, 0.717) is 6.54 Å². The number of hydrogen-bond acceptors (Lipinski definition) is 3. The van der Waals surface area contributed by atoms with E-state index in [4.69, 9.17) is 11.6 Å². The quantitative estimate of drug-likeness (QED) is 0.727. The zero-order chi connectivity index (χ0) is 17.8. The predicted molar refractivity (Wildman–Crippen MR) is 115 cm³/mol. The third-order valence-corrected chi connectivity index (χ3v) is 5.33. The first-order valence-electron chi connectivity index (χ1n) is 8.31. The molecule has 26 heavy (non-hydrogen) atoms. The lowest BCUT2D eigenvalue weighted by molar-refractivity contribution is -0.117. The first kappa shape index (κ1) is 21.0. The second kappa shape index (κ2) is 9.60. The van der Waals surface area contributed by atoms with Gasteiger partial charge in [0.15, 0.2) is 0 Å². The fraction of sp³-hybridized carbons (Fsp3) is 0.316. The fourth-order valence-corrected chi connectivity index (χ4v) is 3.58. The number of nitrogens with one attached hydrogen (secondary N) is 1. The highest BCUT2D eigenvalue weighted by Crippen LogP contribution is 2.25. The molecule has 1 fully saturated rings. The van der Waals surface area contributed by atoms with Crippen LogP contribution in [0.4, 0.5) is 11.4 Å². The van der Waals surface area contributed by atoms with Crippen LogP contribution in [0.5, 0.6) is 0 Å². The van der Waals surface area contributed by atoms with Crippen LogP contribution in [0.2, 0.25) is 5.02 Å². The van der Waals surface area contributed by atoms with Gasteiger partial charge in [0.1, 0.15) is 0 Å². The number of anilines is 2. The smallest absolute Gasteiger partial charge is 0.238 e. The van der Waals surface area contributed by atoms with Gasteiger partial charge in [-0.15, -0.1) is 12.4 Å². The van der Waals surface area contributed by atoms with E-state index >= 15 is 0 Å². The number of para-hydroxylation sites is 1. The van der Waals surface area contributed by atoms with E-state index in [2.05, 4.69) is 44.0 Å². The molecule has 1 aliphatic rings. The summed E-state index contributed by atoms with van der Waals surface area (Å²) >= 11 is 9.58. The lowest BCUT2D eigenvalue weighted by Gasteiger charge is -2.36. The summed E-state index contributed by atoms with van der Waals surface area (Å²) in [5, 5.41) is 3.72. The van der Waals surface area contributed by atoms with Crippen molar-refractivity contribution in [3.8, 4) is 0 Å². The Morgan fingerprint density at radius 1 is 1.15 bits per heavy atom. The minimum Gasteiger partial charge on any atom is -0.369 e. The number of nitrogens with zero attached hydrogens (tertiary/aromatic N) is 2. The highest BCUT2D eigenvalue weighted by molar-refractivity contribution is 9.10. The SMILES string of the molecule is Cc1ccc(Cl)cc1N1CCN(CC(=O)Nc2ccccc2Br)CC1.Cl. The number of carbonyl (C=O) groups excluding carboxylic acids is 1. The van der Waals surface area contributed by atoms with Crippen LogP contribution in [0, 0.1) is 6.92 Å². The van der Waals surface area contributed by atoms with Gasteiger partial charge >= 0.3 is 0 Å². The predicted octanol–water partition coefficient (Wildman–Crippen LogP) is 4.59. The highest BCUT2D eigenvalue weighted by Gasteiger charge is 2.20. The molecule has 1 heterocycles. The Labute approximate surface area is 174 Å². The molecular formula is C19H22BrCl2N3O. The molecule has 0 spiro atoms. The van der Waals surface area contributed by atoms with Crippen LogP contribution in [0.3, 0.4) is 0 Å². The molecule has 0 bridgehead atoms. The number of halogens is 3. The van der Waals surface area contributed by atoms with Gasteiger partial charge in [0, 0.05) is 41.4 Å². The minimum atomic E-state index is 0. The molecule has 0 aromatic heterocycles. The van der Waals surface area contributed by atoms with E-state index in [1.165, 1.54) is 11.3 Å². The fourth-order valence-electron chi connectivity index (χ4n) is 3.03. The Kier molecular flexibility index (Phi) is 7.77. The molecule has 4 nitrogen and oxygen atoms in total. The molecule has 2 aromatic rings. The number of rotatable bonds is 4. The molecule has 7 heteroatoms. The molecule has 140 valence electrons. The van der Waals surface area contributed by atoms with E-state index in [-0.39, 0.29) is 18.3 Å². The maximum absolute atomic E-state index is 12.3. The Hall–Kier alpha value is -1.27. The van der Waals surface area contributed by atoms with Gasteiger partial charge in [-0.2, -0.15) is 0 Å². The summed E-state index contributed by atoms with van der Waals surface area (Å²) < 4.78 is 0.893. The summed E-state index contributed by atoms with van der Waals surface area (Å²) in [6, 6.07) is 13.6. The number of hydrogen-bond donors (Lipinski definition) is 1. The Bertz CT molecular complexity index is 764. The number of piperazine rings is 1. The van der Waals surface area contributed by atoms with Crippen LogP contribution in [0.1, 0.15) is 5.56 Å². The monoisotopic (exact) mass is 457 g/mol. The molecule has 1 amide bonds. The van der Waals surface area contributed by atoms with Crippen molar-refractivity contribution in [3.63, 3.8) is 0 Å². The normalized spacial score (nSPS) is 14.7. The molecular weight excluding hydrogens is 437 g/mol. The van der Waals surface area contributed by atoms with E-state index in [9.17, 15) is 4.79 Å². The maximum atomic E-state index is 12.3. The van der Waals surface area contributed by atoms with E-state index in [1.54, 1.807) is 0 Å². The lowest BCUT2D eigenvalue weighted by Crippen LogP contribution is -2.48. The highest BCUT2D eigenvalue weighted by atomic mass is 79.9. The largest absolute Gasteiger partial charge is 0.369 e. The molecule has 0 radical (unpaired) electrons. The molecule has 1 aliphatic heterocycles. The lowest BCUT2D eigenvalue weighted by atomic mass is 10.1. The van der Waals surface area contributed by atoms with Crippen LogP contribution >= 0.6 is 39.9 Å². The van der Waals surface area contributed by atoms with Crippen molar-refractivity contribution < 1.29 is 4.79 Å². The van der Waals surface area contributed by atoms with Gasteiger partial charge in [-0.3, -0.25) is 9.69 Å². The zero-order valence-electron chi connectivity index (χ0n) is 14.5. The standard InChI is InChI=1S/C19H21BrClN3O.ClH/c1-14-6-7-15(21)12-18(14)24-10-8-23(9-11-24)13-19(25)22-17-5-3-2-4-16(17)20;/h2-7,12H,8-11,13H2,1H3,(H,22,25);1H. The Balaban J connectivity index is 0.00000243. The van der Waals surface area contributed by atoms with Crippen molar-refractivity contribution in [2.45, 2.75) is 6.92 Å². The van der Waals surface area contributed by atoms with Crippen LogP contribution in [-0.2, 0) is 4.79 Å². The third kappa shape index (κ3) is 5.36. The van der Waals surface area contributed by atoms with Crippen molar-refractivity contribution in [3.05, 3.63) is 57.5 Å². The summed E-state index contributed by atoms with van der Waals surface area (Å²) in [6.07, 6.45) is 0. The van der Waals surface area contributed by atoms with Gasteiger partial charge in [-0.25, -0.2) is 0 Å². The van der Waals surface area contributed by atoms with Crippen molar-refractivity contribution in [2.24, 2.45) is 0 Å². The molecule has 0 saturated carbocycles. The molecule has 0 aliphatic carbocycles. The van der Waals surface area contributed by atoms with Gasteiger partial charge in [-0.1, -0.05) is 29.8 Å². The van der Waals surface area contributed by atoms with Crippen LogP contribution < -0.4 is 10.2 Å². The number of aryl methyl sites for hydroxylation is 1. The molecule has 1 saturated heterocycles. The number of amides is 1. The zero-order valence-corrected chi connectivity index (χ0v) is 17.7.